The summed E-state index contributed by atoms with van der Waals surface area (Å²) in [6.07, 6.45) is 1.22. The predicted octanol–water partition coefficient (Wildman–Crippen LogP) is 2.33. The first-order valence-electron chi connectivity index (χ1n) is 8.53. The number of sulfonamides is 1. The summed E-state index contributed by atoms with van der Waals surface area (Å²) < 4.78 is 23.4. The molecule has 1 saturated heterocycles. The lowest BCUT2D eigenvalue weighted by atomic mass is 10.1. The molecule has 2 aromatic rings. The maximum atomic E-state index is 12.9. The topological polar surface area (TPSA) is 110 Å². The van der Waals surface area contributed by atoms with Crippen molar-refractivity contribution in [1.29, 1.82) is 0 Å². The van der Waals surface area contributed by atoms with Gasteiger partial charge in [0.25, 0.3) is 5.91 Å². The zero-order chi connectivity index (χ0) is 19.8. The van der Waals surface area contributed by atoms with Crippen LogP contribution in [0.15, 0.2) is 41.3 Å². The van der Waals surface area contributed by atoms with E-state index in [1.165, 1.54) is 12.1 Å². The van der Waals surface area contributed by atoms with E-state index < -0.39 is 15.9 Å². The first kappa shape index (κ1) is 19.1. The number of hydrogen-bond acceptors (Lipinski definition) is 4. The largest absolute Gasteiger partial charge is 0.322 e. The maximum absolute atomic E-state index is 12.9. The normalized spacial score (nSPS) is 14.5. The molecule has 27 heavy (non-hydrogen) atoms. The lowest BCUT2D eigenvalue weighted by Gasteiger charge is -2.20. The van der Waals surface area contributed by atoms with E-state index in [4.69, 9.17) is 5.14 Å². The number of carbonyl (C=O) groups excluding carboxylic acids is 2. The second-order valence-corrected chi connectivity index (χ2v) is 8.14. The fourth-order valence-electron chi connectivity index (χ4n) is 3.11. The van der Waals surface area contributed by atoms with Crippen molar-refractivity contribution >= 4 is 33.2 Å². The van der Waals surface area contributed by atoms with Gasteiger partial charge in [-0.3, -0.25) is 9.59 Å². The molecular formula is C19H21N3O4S. The van der Waals surface area contributed by atoms with E-state index in [1.54, 1.807) is 43.0 Å². The van der Waals surface area contributed by atoms with Crippen molar-refractivity contribution in [3.05, 3.63) is 53.1 Å². The second kappa shape index (κ2) is 7.13. The Morgan fingerprint density at radius 3 is 2.52 bits per heavy atom. The average Bonchev–Trinajstić information content (AvgIpc) is 3.03. The van der Waals surface area contributed by atoms with Crippen LogP contribution in [0.1, 0.15) is 34.3 Å². The van der Waals surface area contributed by atoms with Crippen LogP contribution < -0.4 is 15.4 Å². The van der Waals surface area contributed by atoms with Gasteiger partial charge in [0.1, 0.15) is 0 Å². The number of carbonyl (C=O) groups is 2. The van der Waals surface area contributed by atoms with Gasteiger partial charge in [0.15, 0.2) is 0 Å². The van der Waals surface area contributed by atoms with Gasteiger partial charge >= 0.3 is 0 Å². The van der Waals surface area contributed by atoms with Gasteiger partial charge in [-0.25, -0.2) is 13.6 Å². The quantitative estimate of drug-likeness (QED) is 0.839. The van der Waals surface area contributed by atoms with Gasteiger partial charge in [-0.15, -0.1) is 0 Å². The summed E-state index contributed by atoms with van der Waals surface area (Å²) in [5.74, 6) is -0.433. The van der Waals surface area contributed by atoms with Crippen molar-refractivity contribution in [3.8, 4) is 0 Å². The molecule has 2 amide bonds. The van der Waals surface area contributed by atoms with Gasteiger partial charge in [0, 0.05) is 18.7 Å². The van der Waals surface area contributed by atoms with Crippen molar-refractivity contribution in [3.63, 3.8) is 0 Å². The van der Waals surface area contributed by atoms with Crippen molar-refractivity contribution in [1.82, 2.24) is 0 Å². The number of nitrogens with one attached hydrogen (secondary N) is 1. The minimum absolute atomic E-state index is 0.0153. The fourth-order valence-corrected chi connectivity index (χ4v) is 3.74. The van der Waals surface area contributed by atoms with Crippen LogP contribution in [0.4, 0.5) is 11.4 Å². The maximum Gasteiger partial charge on any atom is 0.257 e. The Kier molecular flexibility index (Phi) is 5.03. The number of aryl methyl sites for hydroxylation is 1. The molecule has 3 rings (SSSR count). The van der Waals surface area contributed by atoms with Gasteiger partial charge in [0.05, 0.1) is 16.1 Å². The molecule has 0 atom stereocenters. The summed E-state index contributed by atoms with van der Waals surface area (Å²) in [6.45, 7) is 4.10. The molecule has 2 aromatic carbocycles. The number of anilines is 2. The SMILES string of the molecule is Cc1cc(S(N)(=O)=O)cc(NC(=O)c2ccccc2N2CCCC2=O)c1C. The van der Waals surface area contributed by atoms with Crippen molar-refractivity contribution < 1.29 is 18.0 Å². The van der Waals surface area contributed by atoms with Crippen molar-refractivity contribution in [2.75, 3.05) is 16.8 Å². The number of nitrogens with two attached hydrogens (primary N) is 1. The molecule has 3 N–H and O–H groups in total. The molecule has 0 saturated carbocycles. The smallest absolute Gasteiger partial charge is 0.257 e. The standard InChI is InChI=1S/C19H21N3O4S/c1-12-10-14(27(20,25)26)11-16(13(12)2)21-19(24)15-6-3-4-7-17(15)22-9-5-8-18(22)23/h3-4,6-7,10-11H,5,8-9H2,1-2H3,(H,21,24)(H2,20,25,26). The van der Waals surface area contributed by atoms with Crippen LogP contribution in [0.25, 0.3) is 0 Å². The molecule has 8 heteroatoms. The number of para-hydroxylation sites is 1. The third-order valence-corrected chi connectivity index (χ3v) is 5.62. The predicted molar refractivity (Wildman–Crippen MR) is 103 cm³/mol. The van der Waals surface area contributed by atoms with Crippen molar-refractivity contribution in [2.45, 2.75) is 31.6 Å². The number of benzene rings is 2. The molecule has 1 aliphatic heterocycles. The first-order valence-corrected chi connectivity index (χ1v) is 10.1. The van der Waals surface area contributed by atoms with Gasteiger partial charge in [-0.05, 0) is 55.7 Å². The summed E-state index contributed by atoms with van der Waals surface area (Å²) in [5.41, 5.74) is 2.71. The molecule has 1 aliphatic rings. The van der Waals surface area contributed by atoms with Crippen LogP contribution in [0.3, 0.4) is 0 Å². The molecule has 0 aliphatic carbocycles. The van der Waals surface area contributed by atoms with E-state index in [0.717, 1.165) is 12.0 Å². The number of rotatable bonds is 4. The van der Waals surface area contributed by atoms with E-state index in [9.17, 15) is 18.0 Å². The Morgan fingerprint density at radius 1 is 1.19 bits per heavy atom. The Hall–Kier alpha value is -2.71. The summed E-state index contributed by atoms with van der Waals surface area (Å²) in [7, 11) is -3.90. The summed E-state index contributed by atoms with van der Waals surface area (Å²) in [5, 5.41) is 7.99. The highest BCUT2D eigenvalue weighted by molar-refractivity contribution is 7.89. The molecule has 142 valence electrons. The highest BCUT2D eigenvalue weighted by atomic mass is 32.2. The van der Waals surface area contributed by atoms with Gasteiger partial charge in [-0.1, -0.05) is 12.1 Å². The van der Waals surface area contributed by atoms with Crippen molar-refractivity contribution in [2.24, 2.45) is 5.14 Å². The Bertz CT molecular complexity index is 1030. The third kappa shape index (κ3) is 3.86. The van der Waals surface area contributed by atoms with Crippen LogP contribution in [-0.4, -0.2) is 26.8 Å². The van der Waals surface area contributed by atoms with Gasteiger partial charge in [0.2, 0.25) is 15.9 Å². The van der Waals surface area contributed by atoms with Gasteiger partial charge in [-0.2, -0.15) is 0 Å². The van der Waals surface area contributed by atoms with Crippen LogP contribution in [0.5, 0.6) is 0 Å². The highest BCUT2D eigenvalue weighted by Gasteiger charge is 2.26. The molecular weight excluding hydrogens is 366 g/mol. The monoisotopic (exact) mass is 387 g/mol. The summed E-state index contributed by atoms with van der Waals surface area (Å²) >= 11 is 0. The third-order valence-electron chi connectivity index (χ3n) is 4.73. The average molecular weight is 387 g/mol. The minimum Gasteiger partial charge on any atom is -0.322 e. The fraction of sp³-hybridized carbons (Fsp3) is 0.263. The summed E-state index contributed by atoms with van der Waals surface area (Å²) in [6, 6.07) is 9.68. The number of hydrogen-bond donors (Lipinski definition) is 2. The second-order valence-electron chi connectivity index (χ2n) is 6.58. The van der Waals surface area contributed by atoms with E-state index in [0.29, 0.717) is 35.5 Å². The van der Waals surface area contributed by atoms with E-state index in [1.807, 2.05) is 0 Å². The number of primary sulfonamides is 1. The molecule has 0 unspecified atom stereocenters. The molecule has 0 radical (unpaired) electrons. The van der Waals surface area contributed by atoms with E-state index in [-0.39, 0.29) is 10.8 Å². The Labute approximate surface area is 158 Å². The van der Waals surface area contributed by atoms with Crippen LogP contribution in [0, 0.1) is 13.8 Å². The van der Waals surface area contributed by atoms with Gasteiger partial charge < -0.3 is 10.2 Å². The zero-order valence-corrected chi connectivity index (χ0v) is 16.0. The highest BCUT2D eigenvalue weighted by Crippen LogP contribution is 2.28. The number of nitrogens with zero attached hydrogens (tertiary/aromatic N) is 1. The zero-order valence-electron chi connectivity index (χ0n) is 15.2. The molecule has 1 heterocycles. The molecule has 7 nitrogen and oxygen atoms in total. The molecule has 0 spiro atoms. The first-order chi connectivity index (χ1) is 12.7. The molecule has 0 bridgehead atoms. The van der Waals surface area contributed by atoms with E-state index in [2.05, 4.69) is 5.32 Å². The summed E-state index contributed by atoms with van der Waals surface area (Å²) in [4.78, 5) is 26.5. The van der Waals surface area contributed by atoms with E-state index >= 15 is 0 Å². The molecule has 1 fully saturated rings. The lowest BCUT2D eigenvalue weighted by molar-refractivity contribution is -0.117. The minimum atomic E-state index is -3.90. The molecule has 0 aromatic heterocycles. The number of amides is 2. The lowest BCUT2D eigenvalue weighted by Crippen LogP contribution is -2.27. The Morgan fingerprint density at radius 2 is 1.89 bits per heavy atom. The van der Waals surface area contributed by atoms with Crippen LogP contribution in [0.2, 0.25) is 0 Å². The van der Waals surface area contributed by atoms with Crippen LogP contribution >= 0.6 is 0 Å². The Balaban J connectivity index is 1.98. The van der Waals surface area contributed by atoms with Crippen LogP contribution in [-0.2, 0) is 14.8 Å².